The Morgan fingerprint density at radius 2 is 1.17 bits per heavy atom. The molecule has 0 saturated carbocycles. The van der Waals surface area contributed by atoms with E-state index in [0.717, 1.165) is 11.0 Å². The molecule has 0 amide bonds. The van der Waals surface area contributed by atoms with Crippen LogP contribution in [0.5, 0.6) is 11.5 Å². The summed E-state index contributed by atoms with van der Waals surface area (Å²) in [6.07, 6.45) is -0.686. The van der Waals surface area contributed by atoms with Crippen LogP contribution in [0.4, 0.5) is 4.39 Å². The Hall–Kier alpha value is -3.21. The van der Waals surface area contributed by atoms with Crippen LogP contribution in [0, 0.1) is 5.82 Å². The SMILES string of the molecule is CC1(C)OB(c2ccc(OC(Oc3ccc(F)cc3)c3ccccc3)cc2)OC1(C)C.O=S(=O)=O. The number of hydrogen-bond acceptors (Lipinski definition) is 7. The van der Waals surface area contributed by atoms with Gasteiger partial charge in [0, 0.05) is 5.56 Å². The Morgan fingerprint density at radius 3 is 1.63 bits per heavy atom. The minimum Gasteiger partial charge on any atom is -0.451 e. The molecule has 184 valence electrons. The molecule has 7 nitrogen and oxygen atoms in total. The Morgan fingerprint density at radius 1 is 0.743 bits per heavy atom. The van der Waals surface area contributed by atoms with E-state index in [9.17, 15) is 4.39 Å². The highest BCUT2D eigenvalue weighted by molar-refractivity contribution is 7.59. The van der Waals surface area contributed by atoms with Gasteiger partial charge in [-0.05, 0) is 69.6 Å². The Labute approximate surface area is 206 Å². The highest BCUT2D eigenvalue weighted by Crippen LogP contribution is 2.36. The van der Waals surface area contributed by atoms with E-state index in [1.165, 1.54) is 12.1 Å². The quantitative estimate of drug-likeness (QED) is 0.369. The maximum absolute atomic E-state index is 13.2. The Kier molecular flexibility index (Phi) is 8.32. The first-order valence-corrected chi connectivity index (χ1v) is 11.8. The number of benzene rings is 3. The molecule has 1 saturated heterocycles. The fraction of sp³-hybridized carbons (Fsp3) is 0.280. The average molecular weight is 500 g/mol. The van der Waals surface area contributed by atoms with Gasteiger partial charge < -0.3 is 18.8 Å². The molecule has 3 aromatic carbocycles. The topological polar surface area (TPSA) is 88.1 Å². The molecule has 0 aliphatic carbocycles. The van der Waals surface area contributed by atoms with E-state index in [-0.39, 0.29) is 5.82 Å². The first-order chi connectivity index (χ1) is 16.5. The van der Waals surface area contributed by atoms with Crippen LogP contribution < -0.4 is 14.9 Å². The molecule has 0 bridgehead atoms. The van der Waals surface area contributed by atoms with E-state index in [0.29, 0.717) is 11.5 Å². The molecule has 1 aliphatic heterocycles. The summed E-state index contributed by atoms with van der Waals surface area (Å²) >= 11 is 0. The summed E-state index contributed by atoms with van der Waals surface area (Å²) in [5.41, 5.74) is 0.978. The summed E-state index contributed by atoms with van der Waals surface area (Å²) < 4.78 is 62.9. The molecule has 35 heavy (non-hydrogen) atoms. The van der Waals surface area contributed by atoms with Crippen molar-refractivity contribution in [2.24, 2.45) is 0 Å². The zero-order valence-corrected chi connectivity index (χ0v) is 20.6. The van der Waals surface area contributed by atoms with Crippen molar-refractivity contribution in [1.82, 2.24) is 0 Å². The second-order valence-corrected chi connectivity index (χ2v) is 9.20. The zero-order valence-electron chi connectivity index (χ0n) is 19.8. The molecule has 0 aromatic heterocycles. The van der Waals surface area contributed by atoms with Gasteiger partial charge in [-0.3, -0.25) is 0 Å². The first kappa shape index (κ1) is 26.4. The third-order valence-corrected chi connectivity index (χ3v) is 5.78. The number of hydrogen-bond donors (Lipinski definition) is 0. The van der Waals surface area contributed by atoms with Crippen LogP contribution in [-0.2, 0) is 19.9 Å². The third kappa shape index (κ3) is 7.14. The molecule has 1 atom stereocenters. The van der Waals surface area contributed by atoms with Crippen LogP contribution in [0.1, 0.15) is 39.5 Å². The molecule has 1 aliphatic rings. The highest BCUT2D eigenvalue weighted by Gasteiger charge is 2.51. The minimum atomic E-state index is -3.11. The Balaban J connectivity index is 0.000000795. The zero-order chi connectivity index (χ0) is 25.6. The first-order valence-electron chi connectivity index (χ1n) is 10.8. The van der Waals surface area contributed by atoms with Crippen LogP contribution in [0.3, 0.4) is 0 Å². The van der Waals surface area contributed by atoms with Gasteiger partial charge in [0.05, 0.1) is 11.2 Å². The van der Waals surface area contributed by atoms with Gasteiger partial charge in [-0.15, -0.1) is 12.6 Å². The summed E-state index contributed by atoms with van der Waals surface area (Å²) in [5.74, 6) is 0.836. The van der Waals surface area contributed by atoms with E-state index in [4.69, 9.17) is 31.4 Å². The van der Waals surface area contributed by atoms with Gasteiger partial charge in [0.25, 0.3) is 6.29 Å². The van der Waals surface area contributed by atoms with Crippen LogP contribution in [0.25, 0.3) is 0 Å². The van der Waals surface area contributed by atoms with Crippen LogP contribution in [0.2, 0.25) is 0 Å². The van der Waals surface area contributed by atoms with Gasteiger partial charge in [0.2, 0.25) is 0 Å². The predicted octanol–water partition coefficient (Wildman–Crippen LogP) is 4.28. The van der Waals surface area contributed by atoms with Crippen molar-refractivity contribution < 1.29 is 35.8 Å². The van der Waals surface area contributed by atoms with Gasteiger partial charge in [0.15, 0.2) is 0 Å². The molecule has 0 spiro atoms. The fourth-order valence-electron chi connectivity index (χ4n) is 3.21. The summed E-state index contributed by atoms with van der Waals surface area (Å²) in [7, 11) is -3.54. The van der Waals surface area contributed by atoms with Gasteiger partial charge in [-0.1, -0.05) is 42.5 Å². The molecule has 3 aromatic rings. The fourth-order valence-corrected chi connectivity index (χ4v) is 3.21. The van der Waals surface area contributed by atoms with Crippen molar-refractivity contribution in [3.63, 3.8) is 0 Å². The molecular weight excluding hydrogens is 474 g/mol. The monoisotopic (exact) mass is 500 g/mol. The molecule has 0 radical (unpaired) electrons. The van der Waals surface area contributed by atoms with Crippen molar-refractivity contribution in [3.8, 4) is 11.5 Å². The van der Waals surface area contributed by atoms with E-state index < -0.39 is 35.2 Å². The normalized spacial score (nSPS) is 16.5. The number of rotatable bonds is 6. The highest BCUT2D eigenvalue weighted by atomic mass is 32.2. The van der Waals surface area contributed by atoms with Crippen molar-refractivity contribution >= 4 is 23.2 Å². The molecule has 1 fully saturated rings. The van der Waals surface area contributed by atoms with Crippen LogP contribution in [-0.4, -0.2) is 30.9 Å². The van der Waals surface area contributed by atoms with E-state index >= 15 is 0 Å². The smallest absolute Gasteiger partial charge is 0.451 e. The lowest BCUT2D eigenvalue weighted by molar-refractivity contribution is 0.00377. The molecular formula is C25H26BFO7S. The number of ether oxygens (including phenoxy) is 2. The molecule has 1 heterocycles. The van der Waals surface area contributed by atoms with Crippen LogP contribution >= 0.6 is 0 Å². The van der Waals surface area contributed by atoms with Gasteiger partial charge in [-0.2, -0.15) is 0 Å². The van der Waals surface area contributed by atoms with Gasteiger partial charge in [0.1, 0.15) is 17.3 Å². The predicted molar refractivity (Wildman–Crippen MR) is 129 cm³/mol. The van der Waals surface area contributed by atoms with E-state index in [2.05, 4.69) is 0 Å². The lowest BCUT2D eigenvalue weighted by atomic mass is 9.79. The standard InChI is InChI=1S/C25H26BFO4.O3S/c1-24(2)25(3,4)31-26(30-24)19-10-14-21(15-11-19)28-23(18-8-6-5-7-9-18)29-22-16-12-20(27)13-17-22;1-4(2)3/h5-17,23H,1-4H3;. The average Bonchev–Trinajstić information content (AvgIpc) is 3.02. The van der Waals surface area contributed by atoms with Gasteiger partial charge in [-0.25, -0.2) is 4.39 Å². The van der Waals surface area contributed by atoms with Crippen molar-refractivity contribution in [2.45, 2.75) is 45.2 Å². The second-order valence-electron chi connectivity index (χ2n) is 8.79. The maximum Gasteiger partial charge on any atom is 0.494 e. The summed E-state index contributed by atoms with van der Waals surface area (Å²) in [6.45, 7) is 8.12. The summed E-state index contributed by atoms with van der Waals surface area (Å²) in [6, 6.07) is 23.1. The van der Waals surface area contributed by atoms with Crippen molar-refractivity contribution in [2.75, 3.05) is 0 Å². The van der Waals surface area contributed by atoms with Crippen molar-refractivity contribution in [3.05, 3.63) is 90.2 Å². The summed E-state index contributed by atoms with van der Waals surface area (Å²) in [5, 5.41) is 0. The van der Waals surface area contributed by atoms with Crippen molar-refractivity contribution in [1.29, 1.82) is 0 Å². The molecule has 10 heteroatoms. The lowest BCUT2D eigenvalue weighted by Gasteiger charge is -2.32. The molecule has 4 rings (SSSR count). The van der Waals surface area contributed by atoms with E-state index in [1.54, 1.807) is 12.1 Å². The number of halogens is 1. The second kappa shape index (κ2) is 11.0. The maximum atomic E-state index is 13.2. The minimum absolute atomic E-state index is 0.317. The summed E-state index contributed by atoms with van der Waals surface area (Å²) in [4.78, 5) is 0. The van der Waals surface area contributed by atoms with Gasteiger partial charge >= 0.3 is 17.7 Å². The Bertz CT molecular complexity index is 1190. The van der Waals surface area contributed by atoms with Crippen LogP contribution in [0.15, 0.2) is 78.9 Å². The third-order valence-electron chi connectivity index (χ3n) is 5.78. The largest absolute Gasteiger partial charge is 0.494 e. The van der Waals surface area contributed by atoms with E-state index in [1.807, 2.05) is 82.3 Å². The molecule has 1 unspecified atom stereocenters. The lowest BCUT2D eigenvalue weighted by Crippen LogP contribution is -2.41. The molecule has 0 N–H and O–H groups in total.